The maximum Gasteiger partial charge on any atom is 0.126 e. The molecule has 0 fully saturated rings. The van der Waals surface area contributed by atoms with Crippen molar-refractivity contribution in [1.29, 1.82) is 0 Å². The van der Waals surface area contributed by atoms with Crippen LogP contribution in [0.5, 0.6) is 0 Å². The van der Waals surface area contributed by atoms with E-state index in [9.17, 15) is 4.39 Å². The second-order valence-electron chi connectivity index (χ2n) is 5.54. The molecule has 19 heavy (non-hydrogen) atoms. The molecule has 1 atom stereocenters. The first-order chi connectivity index (χ1) is 8.80. The van der Waals surface area contributed by atoms with Crippen LogP contribution in [0, 0.1) is 26.6 Å². The zero-order valence-corrected chi connectivity index (χ0v) is 11.9. The Morgan fingerprint density at radius 1 is 0.895 bits per heavy atom. The van der Waals surface area contributed by atoms with Crippen molar-refractivity contribution in [3.63, 3.8) is 0 Å². The van der Waals surface area contributed by atoms with Gasteiger partial charge in [0.2, 0.25) is 0 Å². The molecule has 1 nitrogen and oxygen atoms in total. The Morgan fingerprint density at radius 2 is 1.47 bits per heavy atom. The minimum absolute atomic E-state index is 0.210. The molecule has 0 saturated carbocycles. The first-order valence-corrected chi connectivity index (χ1v) is 6.45. The maximum atomic E-state index is 13.7. The lowest BCUT2D eigenvalue weighted by Crippen LogP contribution is -2.34. The van der Waals surface area contributed by atoms with Crippen molar-refractivity contribution >= 4 is 0 Å². The molecule has 1 unspecified atom stereocenters. The van der Waals surface area contributed by atoms with E-state index in [1.54, 1.807) is 13.0 Å². The molecule has 0 aliphatic heterocycles. The Labute approximate surface area is 114 Å². The van der Waals surface area contributed by atoms with Gasteiger partial charge in [0, 0.05) is 0 Å². The summed E-state index contributed by atoms with van der Waals surface area (Å²) < 4.78 is 13.7. The van der Waals surface area contributed by atoms with Crippen molar-refractivity contribution < 1.29 is 4.39 Å². The summed E-state index contributed by atoms with van der Waals surface area (Å²) in [7, 11) is 0. The predicted octanol–water partition coefficient (Wildman–Crippen LogP) is 3.97. The van der Waals surface area contributed by atoms with Crippen molar-refractivity contribution in [2.45, 2.75) is 33.2 Å². The lowest BCUT2D eigenvalue weighted by molar-refractivity contribution is 0.577. The van der Waals surface area contributed by atoms with Crippen LogP contribution in [0.25, 0.3) is 0 Å². The first kappa shape index (κ1) is 13.8. The molecule has 0 amide bonds. The van der Waals surface area contributed by atoms with Crippen LogP contribution >= 0.6 is 0 Å². The van der Waals surface area contributed by atoms with Crippen LogP contribution in [0.15, 0.2) is 36.4 Å². The molecule has 2 aromatic carbocycles. The van der Waals surface area contributed by atoms with E-state index in [-0.39, 0.29) is 5.82 Å². The minimum atomic E-state index is -0.689. The van der Waals surface area contributed by atoms with E-state index in [0.717, 1.165) is 11.1 Å². The second kappa shape index (κ2) is 4.78. The molecule has 100 valence electrons. The van der Waals surface area contributed by atoms with Crippen LogP contribution in [0.4, 0.5) is 4.39 Å². The molecule has 0 aliphatic rings. The molecule has 0 aliphatic carbocycles. The summed E-state index contributed by atoms with van der Waals surface area (Å²) >= 11 is 0. The summed E-state index contributed by atoms with van der Waals surface area (Å²) in [4.78, 5) is 0. The van der Waals surface area contributed by atoms with Crippen molar-refractivity contribution in [1.82, 2.24) is 0 Å². The molecule has 0 aromatic heterocycles. The van der Waals surface area contributed by atoms with Gasteiger partial charge in [0.25, 0.3) is 0 Å². The Morgan fingerprint density at radius 3 is 2.00 bits per heavy atom. The quantitative estimate of drug-likeness (QED) is 0.865. The van der Waals surface area contributed by atoms with Gasteiger partial charge in [0.05, 0.1) is 5.54 Å². The van der Waals surface area contributed by atoms with Crippen LogP contribution in [0.3, 0.4) is 0 Å². The van der Waals surface area contributed by atoms with Crippen LogP contribution in [0.1, 0.15) is 34.7 Å². The molecule has 2 rings (SSSR count). The largest absolute Gasteiger partial charge is 0.318 e. The molecule has 0 spiro atoms. The van der Waals surface area contributed by atoms with Gasteiger partial charge >= 0.3 is 0 Å². The summed E-state index contributed by atoms with van der Waals surface area (Å²) in [6, 6.07) is 11.4. The van der Waals surface area contributed by atoms with Crippen LogP contribution < -0.4 is 5.73 Å². The van der Waals surface area contributed by atoms with E-state index < -0.39 is 5.54 Å². The Hall–Kier alpha value is -1.67. The molecular weight excluding hydrogens is 237 g/mol. The van der Waals surface area contributed by atoms with Gasteiger partial charge in [-0.05, 0) is 50.5 Å². The standard InChI is InChI=1S/C17H20FN/c1-11-7-12(2)9-15(8-11)17(4,19)14-6-5-13(3)16(18)10-14/h5-10H,19H2,1-4H3. The molecule has 0 bridgehead atoms. The van der Waals surface area contributed by atoms with Gasteiger partial charge in [0.1, 0.15) is 5.82 Å². The molecule has 0 heterocycles. The number of nitrogens with two attached hydrogens (primary N) is 1. The van der Waals surface area contributed by atoms with E-state index in [0.29, 0.717) is 5.56 Å². The Balaban J connectivity index is 2.54. The molecule has 0 saturated heterocycles. The van der Waals surface area contributed by atoms with E-state index in [1.165, 1.54) is 17.2 Å². The maximum absolute atomic E-state index is 13.7. The number of hydrogen-bond donors (Lipinski definition) is 1. The average molecular weight is 257 g/mol. The first-order valence-electron chi connectivity index (χ1n) is 6.45. The highest BCUT2D eigenvalue weighted by atomic mass is 19.1. The molecule has 2 aromatic rings. The molecule has 2 heteroatoms. The summed E-state index contributed by atoms with van der Waals surface area (Å²) in [5, 5.41) is 0. The minimum Gasteiger partial charge on any atom is -0.318 e. The van der Waals surface area contributed by atoms with E-state index in [2.05, 4.69) is 18.2 Å². The second-order valence-corrected chi connectivity index (χ2v) is 5.54. The summed E-state index contributed by atoms with van der Waals surface area (Å²) in [5.74, 6) is -0.210. The third-order valence-corrected chi connectivity index (χ3v) is 3.59. The fourth-order valence-corrected chi connectivity index (χ4v) is 2.36. The normalized spacial score (nSPS) is 14.2. The number of rotatable bonds is 2. The fourth-order valence-electron chi connectivity index (χ4n) is 2.36. The van der Waals surface area contributed by atoms with Gasteiger partial charge in [-0.3, -0.25) is 0 Å². The predicted molar refractivity (Wildman–Crippen MR) is 77.7 cm³/mol. The highest BCUT2D eigenvalue weighted by Crippen LogP contribution is 2.29. The van der Waals surface area contributed by atoms with Gasteiger partial charge in [-0.25, -0.2) is 4.39 Å². The van der Waals surface area contributed by atoms with Gasteiger partial charge < -0.3 is 5.73 Å². The number of hydrogen-bond acceptors (Lipinski definition) is 1. The van der Waals surface area contributed by atoms with Crippen molar-refractivity contribution in [3.05, 3.63) is 70.0 Å². The van der Waals surface area contributed by atoms with Gasteiger partial charge in [0.15, 0.2) is 0 Å². The van der Waals surface area contributed by atoms with Crippen molar-refractivity contribution in [3.8, 4) is 0 Å². The third kappa shape index (κ3) is 2.69. The summed E-state index contributed by atoms with van der Waals surface area (Å²) in [6.45, 7) is 7.76. The Kier molecular flexibility index (Phi) is 3.46. The Bertz CT molecular complexity index is 594. The summed E-state index contributed by atoms with van der Waals surface area (Å²) in [6.07, 6.45) is 0. The highest BCUT2D eigenvalue weighted by molar-refractivity contribution is 5.41. The molecule has 2 N–H and O–H groups in total. The van der Waals surface area contributed by atoms with Crippen LogP contribution in [0.2, 0.25) is 0 Å². The zero-order chi connectivity index (χ0) is 14.2. The third-order valence-electron chi connectivity index (χ3n) is 3.59. The van der Waals surface area contributed by atoms with Crippen LogP contribution in [-0.2, 0) is 5.54 Å². The number of halogens is 1. The zero-order valence-electron chi connectivity index (χ0n) is 11.9. The van der Waals surface area contributed by atoms with E-state index in [4.69, 9.17) is 5.73 Å². The van der Waals surface area contributed by atoms with Crippen molar-refractivity contribution in [2.24, 2.45) is 5.73 Å². The monoisotopic (exact) mass is 257 g/mol. The van der Waals surface area contributed by atoms with Gasteiger partial charge in [-0.15, -0.1) is 0 Å². The fraction of sp³-hybridized carbons (Fsp3) is 0.294. The van der Waals surface area contributed by atoms with Gasteiger partial charge in [-0.2, -0.15) is 0 Å². The molecular formula is C17H20FN. The smallest absolute Gasteiger partial charge is 0.126 e. The summed E-state index contributed by atoms with van der Waals surface area (Å²) in [5.41, 5.74) is 10.5. The lowest BCUT2D eigenvalue weighted by Gasteiger charge is -2.27. The van der Waals surface area contributed by atoms with Crippen LogP contribution in [-0.4, -0.2) is 0 Å². The van der Waals surface area contributed by atoms with Crippen molar-refractivity contribution in [2.75, 3.05) is 0 Å². The topological polar surface area (TPSA) is 26.0 Å². The average Bonchev–Trinajstić information content (AvgIpc) is 2.31. The number of benzene rings is 2. The lowest BCUT2D eigenvalue weighted by atomic mass is 9.84. The number of aryl methyl sites for hydroxylation is 3. The SMILES string of the molecule is Cc1cc(C)cc(C(C)(N)c2ccc(C)c(F)c2)c1. The van der Waals surface area contributed by atoms with E-state index in [1.807, 2.05) is 26.8 Å². The van der Waals surface area contributed by atoms with Gasteiger partial charge in [-0.1, -0.05) is 41.5 Å². The molecule has 0 radical (unpaired) electrons. The van der Waals surface area contributed by atoms with E-state index >= 15 is 0 Å². The highest BCUT2D eigenvalue weighted by Gasteiger charge is 2.24.